The third kappa shape index (κ3) is 6.18. The van der Waals surface area contributed by atoms with Crippen LogP contribution >= 0.6 is 0 Å². The maximum Gasteiger partial charge on any atom is 0.419 e. The van der Waals surface area contributed by atoms with Crippen LogP contribution in [0.2, 0.25) is 18.1 Å². The van der Waals surface area contributed by atoms with Crippen molar-refractivity contribution < 1.29 is 28.6 Å². The van der Waals surface area contributed by atoms with E-state index in [0.717, 1.165) is 5.39 Å². The molecule has 0 unspecified atom stereocenters. The fraction of sp³-hybridized carbons (Fsp3) is 0.533. The van der Waals surface area contributed by atoms with Crippen molar-refractivity contribution in [1.29, 1.82) is 0 Å². The monoisotopic (exact) mass is 571 g/mol. The molecular formula is C30H42FN3O5Si. The largest absolute Gasteiger partial charge is 0.543 e. The van der Waals surface area contributed by atoms with E-state index in [4.69, 9.17) is 9.16 Å². The number of nitrogens with zero attached hydrogens (tertiary/aromatic N) is 3. The van der Waals surface area contributed by atoms with E-state index >= 15 is 4.39 Å². The molecule has 1 fully saturated rings. The number of aliphatic hydroxyl groups excluding tert-OH is 1. The number of halogens is 1. The van der Waals surface area contributed by atoms with Crippen LogP contribution in [0.15, 0.2) is 36.4 Å². The van der Waals surface area contributed by atoms with Crippen molar-refractivity contribution in [2.45, 2.75) is 83.7 Å². The third-order valence-electron chi connectivity index (χ3n) is 7.95. The van der Waals surface area contributed by atoms with Gasteiger partial charge in [-0.2, -0.15) is 4.39 Å². The summed E-state index contributed by atoms with van der Waals surface area (Å²) in [4.78, 5) is 19.5. The lowest BCUT2D eigenvalue weighted by Gasteiger charge is -2.37. The van der Waals surface area contributed by atoms with Gasteiger partial charge < -0.3 is 24.3 Å². The molecule has 218 valence electrons. The van der Waals surface area contributed by atoms with Crippen LogP contribution in [0, 0.1) is 5.95 Å². The van der Waals surface area contributed by atoms with Crippen molar-refractivity contribution in [3.05, 3.63) is 42.3 Å². The Morgan fingerprint density at radius 2 is 1.73 bits per heavy atom. The Bertz CT molecular complexity index is 1400. The van der Waals surface area contributed by atoms with Gasteiger partial charge in [-0.15, -0.1) is 0 Å². The number of hydrogen-bond acceptors (Lipinski definition) is 7. The molecule has 0 amide bonds. The van der Waals surface area contributed by atoms with Gasteiger partial charge in [0, 0.05) is 18.5 Å². The second-order valence-electron chi connectivity index (χ2n) is 13.3. The second kappa shape index (κ2) is 10.5. The van der Waals surface area contributed by atoms with Crippen molar-refractivity contribution >= 4 is 31.1 Å². The van der Waals surface area contributed by atoms with Gasteiger partial charge in [0.1, 0.15) is 17.2 Å². The molecule has 1 saturated heterocycles. The molecule has 2 N–H and O–H groups in total. The highest BCUT2D eigenvalue weighted by Gasteiger charge is 2.39. The summed E-state index contributed by atoms with van der Waals surface area (Å²) < 4.78 is 29.2. The SMILES string of the molecule is CC(C)(C)OC(=O)n1c(-c2ccc(N3CCC(O)(CO)CC3)nc2F)cc2cc(O[Si](C)(C)C(C)(C)C)ccc21. The molecule has 0 radical (unpaired) electrons. The molecule has 1 aliphatic rings. The van der Waals surface area contributed by atoms with E-state index in [-0.39, 0.29) is 17.2 Å². The fourth-order valence-electron chi connectivity index (χ4n) is 4.51. The number of rotatable bonds is 5. The summed E-state index contributed by atoms with van der Waals surface area (Å²) in [5, 5.41) is 20.5. The van der Waals surface area contributed by atoms with Gasteiger partial charge in [-0.1, -0.05) is 20.8 Å². The number of carbonyl (C=O) groups is 1. The molecular weight excluding hydrogens is 529 g/mol. The van der Waals surface area contributed by atoms with E-state index < -0.39 is 31.6 Å². The van der Waals surface area contributed by atoms with Crippen LogP contribution in [0.3, 0.4) is 0 Å². The van der Waals surface area contributed by atoms with E-state index in [2.05, 4.69) is 38.8 Å². The highest BCUT2D eigenvalue weighted by Crippen LogP contribution is 2.39. The average molecular weight is 572 g/mol. The average Bonchev–Trinajstić information content (AvgIpc) is 3.21. The number of aliphatic hydroxyl groups is 2. The minimum atomic E-state index is -2.10. The zero-order chi connectivity index (χ0) is 29.7. The van der Waals surface area contributed by atoms with Crippen molar-refractivity contribution in [2.24, 2.45) is 0 Å². The lowest BCUT2D eigenvalue weighted by Crippen LogP contribution is -2.46. The molecule has 0 atom stereocenters. The van der Waals surface area contributed by atoms with Crippen LogP contribution in [0.5, 0.6) is 5.75 Å². The number of carbonyl (C=O) groups excluding carboxylic acids is 1. The lowest BCUT2D eigenvalue weighted by atomic mass is 9.92. The number of hydrogen-bond donors (Lipinski definition) is 2. The van der Waals surface area contributed by atoms with E-state index in [1.165, 1.54) is 4.57 Å². The number of fused-ring (bicyclic) bond motifs is 1. The summed E-state index contributed by atoms with van der Waals surface area (Å²) in [6.45, 7) is 16.8. The van der Waals surface area contributed by atoms with Crippen LogP contribution < -0.4 is 9.33 Å². The standard InChI is InChI=1S/C30H42FN3O5Si/c1-28(2,3)38-27(36)34-23-11-9-21(39-40(7,8)29(4,5)6)17-20(23)18-24(34)22-10-12-25(32-26(22)31)33-15-13-30(37,19-35)14-16-33/h9-12,17-18,35,37H,13-16,19H2,1-8H3. The quantitative estimate of drug-likeness (QED) is 0.273. The highest BCUT2D eigenvalue weighted by molar-refractivity contribution is 6.74. The number of aromatic nitrogens is 2. The molecule has 3 aromatic rings. The second-order valence-corrected chi connectivity index (χ2v) is 18.0. The molecule has 8 nitrogen and oxygen atoms in total. The van der Waals surface area contributed by atoms with Crippen LogP contribution in [0.1, 0.15) is 54.4 Å². The first-order valence-corrected chi connectivity index (χ1v) is 16.7. The summed E-state index contributed by atoms with van der Waals surface area (Å²) in [6.07, 6.45) is 0.111. The molecule has 40 heavy (non-hydrogen) atoms. The number of ether oxygens (including phenoxy) is 1. The van der Waals surface area contributed by atoms with Crippen molar-refractivity contribution in [1.82, 2.24) is 9.55 Å². The summed E-state index contributed by atoms with van der Waals surface area (Å²) in [6, 6.07) is 10.6. The number of piperidine rings is 1. The van der Waals surface area contributed by atoms with E-state index in [1.54, 1.807) is 45.0 Å². The minimum absolute atomic E-state index is 0.0111. The third-order valence-corrected chi connectivity index (χ3v) is 12.3. The lowest BCUT2D eigenvalue weighted by molar-refractivity contribution is -0.0326. The predicted molar refractivity (Wildman–Crippen MR) is 158 cm³/mol. The molecule has 1 aliphatic heterocycles. The molecule has 1 aromatic carbocycles. The van der Waals surface area contributed by atoms with Gasteiger partial charge in [0.2, 0.25) is 14.3 Å². The number of benzene rings is 1. The topological polar surface area (TPSA) is 97.1 Å². The van der Waals surface area contributed by atoms with E-state index in [1.807, 2.05) is 17.0 Å². The first kappa shape index (κ1) is 30.0. The Labute approximate surface area is 236 Å². The molecule has 0 aliphatic carbocycles. The fourth-order valence-corrected chi connectivity index (χ4v) is 5.53. The molecule has 0 saturated carbocycles. The number of pyridine rings is 1. The molecule has 0 spiro atoms. The molecule has 4 rings (SSSR count). The van der Waals surface area contributed by atoms with Crippen molar-refractivity contribution in [3.63, 3.8) is 0 Å². The minimum Gasteiger partial charge on any atom is -0.543 e. The Morgan fingerprint density at radius 1 is 1.07 bits per heavy atom. The van der Waals surface area contributed by atoms with Gasteiger partial charge in [-0.05, 0) is 88.1 Å². The summed E-state index contributed by atoms with van der Waals surface area (Å²) >= 11 is 0. The molecule has 2 aromatic heterocycles. The first-order chi connectivity index (χ1) is 18.4. The summed E-state index contributed by atoms with van der Waals surface area (Å²) in [5.41, 5.74) is -0.784. The Hall–Kier alpha value is -2.95. The van der Waals surface area contributed by atoms with Gasteiger partial charge in [0.05, 0.1) is 29.0 Å². The molecule has 0 bridgehead atoms. The Balaban J connectivity index is 1.75. The van der Waals surface area contributed by atoms with E-state index in [0.29, 0.717) is 48.7 Å². The summed E-state index contributed by atoms with van der Waals surface area (Å²) in [5.74, 6) is 0.422. The van der Waals surface area contributed by atoms with Crippen molar-refractivity contribution in [3.8, 4) is 17.0 Å². The predicted octanol–water partition coefficient (Wildman–Crippen LogP) is 6.33. The molecule has 3 heterocycles. The van der Waals surface area contributed by atoms with Crippen LogP contribution in [0.4, 0.5) is 15.0 Å². The molecule has 10 heteroatoms. The zero-order valence-electron chi connectivity index (χ0n) is 24.8. The van der Waals surface area contributed by atoms with Gasteiger partial charge in [0.15, 0.2) is 0 Å². The smallest absolute Gasteiger partial charge is 0.419 e. The van der Waals surface area contributed by atoms with Gasteiger partial charge in [0.25, 0.3) is 0 Å². The zero-order valence-corrected chi connectivity index (χ0v) is 25.8. The summed E-state index contributed by atoms with van der Waals surface area (Å²) in [7, 11) is -2.10. The highest BCUT2D eigenvalue weighted by atomic mass is 28.4. The van der Waals surface area contributed by atoms with Crippen molar-refractivity contribution in [2.75, 3.05) is 24.6 Å². The van der Waals surface area contributed by atoms with Gasteiger partial charge >= 0.3 is 6.09 Å². The van der Waals surface area contributed by atoms with Crippen LogP contribution in [0.25, 0.3) is 22.2 Å². The van der Waals surface area contributed by atoms with E-state index in [9.17, 15) is 15.0 Å². The Morgan fingerprint density at radius 3 is 2.27 bits per heavy atom. The first-order valence-electron chi connectivity index (χ1n) is 13.8. The Kier molecular flexibility index (Phi) is 7.85. The van der Waals surface area contributed by atoms with Crippen LogP contribution in [-0.2, 0) is 4.74 Å². The number of anilines is 1. The van der Waals surface area contributed by atoms with Crippen LogP contribution in [-0.4, -0.2) is 65.1 Å². The maximum atomic E-state index is 15.6. The van der Waals surface area contributed by atoms with Gasteiger partial charge in [-0.25, -0.2) is 14.3 Å². The maximum absolute atomic E-state index is 15.6. The van der Waals surface area contributed by atoms with Gasteiger partial charge in [-0.3, -0.25) is 0 Å². The normalized spacial score (nSPS) is 16.3.